The second-order valence-electron chi connectivity index (χ2n) is 7.93. The Morgan fingerprint density at radius 1 is 0.939 bits per heavy atom. The number of hydrogen-bond donors (Lipinski definition) is 1. The number of nitrogens with two attached hydrogens (primary N) is 1. The first-order valence-corrected chi connectivity index (χ1v) is 11.3. The van der Waals surface area contributed by atoms with Crippen LogP contribution in [0.25, 0.3) is 28.1 Å². The Balaban J connectivity index is 0.00000126. The summed E-state index contributed by atoms with van der Waals surface area (Å²) in [6, 6.07) is 12.8. The lowest BCUT2D eigenvalue weighted by Gasteiger charge is -2.34. The van der Waals surface area contributed by atoms with Crippen molar-refractivity contribution in [3.05, 3.63) is 60.3 Å². The molecule has 0 aliphatic carbocycles. The van der Waals surface area contributed by atoms with Crippen LogP contribution < -0.4 is 10.6 Å². The van der Waals surface area contributed by atoms with Gasteiger partial charge in [-0.1, -0.05) is 13.8 Å². The minimum absolute atomic E-state index is 0.235. The van der Waals surface area contributed by atoms with Crippen molar-refractivity contribution in [1.29, 1.82) is 0 Å². The maximum Gasteiger partial charge on any atom is 0.165 e. The van der Waals surface area contributed by atoms with E-state index in [0.717, 1.165) is 48.8 Å². The van der Waals surface area contributed by atoms with Crippen molar-refractivity contribution in [3.63, 3.8) is 0 Å². The van der Waals surface area contributed by atoms with E-state index >= 15 is 4.39 Å². The summed E-state index contributed by atoms with van der Waals surface area (Å²) in [5, 5.41) is 0. The van der Waals surface area contributed by atoms with E-state index in [-0.39, 0.29) is 5.82 Å². The number of halogens is 1. The summed E-state index contributed by atoms with van der Waals surface area (Å²) in [6.45, 7) is 9.40. The average Bonchev–Trinajstić information content (AvgIpc) is 3.16. The van der Waals surface area contributed by atoms with E-state index in [0.29, 0.717) is 22.8 Å². The molecule has 4 aromatic rings. The van der Waals surface area contributed by atoms with Crippen LogP contribution in [0.15, 0.2) is 48.7 Å². The minimum Gasteiger partial charge on any atom is -0.384 e. The number of aromatic nitrogens is 4. The third kappa shape index (κ3) is 4.52. The molecular weight excluding hydrogens is 417 g/mol. The molecular formula is C25H30FN7. The van der Waals surface area contributed by atoms with E-state index in [9.17, 15) is 0 Å². The van der Waals surface area contributed by atoms with Gasteiger partial charge in [0, 0.05) is 44.0 Å². The van der Waals surface area contributed by atoms with Crippen molar-refractivity contribution in [2.75, 3.05) is 43.9 Å². The van der Waals surface area contributed by atoms with Crippen LogP contribution in [0.4, 0.5) is 15.9 Å². The summed E-state index contributed by atoms with van der Waals surface area (Å²) < 4.78 is 17.0. The summed E-state index contributed by atoms with van der Waals surface area (Å²) in [5.41, 5.74) is 10.2. The third-order valence-electron chi connectivity index (χ3n) is 5.78. The van der Waals surface area contributed by atoms with Crippen molar-refractivity contribution in [2.45, 2.75) is 20.8 Å². The van der Waals surface area contributed by atoms with Crippen LogP contribution in [0.3, 0.4) is 0 Å². The van der Waals surface area contributed by atoms with Crippen LogP contribution >= 0.6 is 0 Å². The fourth-order valence-electron chi connectivity index (χ4n) is 4.09. The average molecular weight is 448 g/mol. The van der Waals surface area contributed by atoms with Crippen molar-refractivity contribution in [1.82, 2.24) is 24.4 Å². The lowest BCUT2D eigenvalue weighted by molar-refractivity contribution is 0.311. The van der Waals surface area contributed by atoms with Crippen molar-refractivity contribution in [2.24, 2.45) is 0 Å². The summed E-state index contributed by atoms with van der Waals surface area (Å²) >= 11 is 0. The SMILES string of the molecule is CC.Cc1nc2ccc(-c3ccnc(N)c3)nc2n1-c1ccc(N2CCN(C)CC2)c(F)c1. The first-order chi connectivity index (χ1) is 16.0. The largest absolute Gasteiger partial charge is 0.384 e. The Bertz CT molecular complexity index is 1260. The maximum atomic E-state index is 15.1. The maximum absolute atomic E-state index is 15.1. The zero-order valence-corrected chi connectivity index (χ0v) is 19.6. The minimum atomic E-state index is -0.235. The molecule has 1 aliphatic heterocycles. The molecule has 0 spiro atoms. The van der Waals surface area contributed by atoms with Crippen LogP contribution in [0.5, 0.6) is 0 Å². The Hall–Kier alpha value is -3.52. The molecule has 7 nitrogen and oxygen atoms in total. The molecule has 5 rings (SSSR count). The standard InChI is InChI=1S/C23H24FN7.C2H6/c1-15-27-20-5-4-19(16-7-8-26-22(25)13-16)28-23(20)31(15)17-3-6-21(18(24)14-17)30-11-9-29(2)10-12-30;1-2/h3-8,13-14H,9-12H2,1-2H3,(H2,25,26);1-2H3. The number of imidazole rings is 1. The highest BCUT2D eigenvalue weighted by Crippen LogP contribution is 2.28. The van der Waals surface area contributed by atoms with Crippen molar-refractivity contribution >= 4 is 22.7 Å². The first-order valence-electron chi connectivity index (χ1n) is 11.3. The predicted octanol–water partition coefficient (Wildman–Crippen LogP) is 4.29. The molecule has 3 aromatic heterocycles. The van der Waals surface area contributed by atoms with Crippen LogP contribution in [-0.2, 0) is 0 Å². The highest BCUT2D eigenvalue weighted by Gasteiger charge is 2.19. The van der Waals surface area contributed by atoms with E-state index < -0.39 is 0 Å². The lowest BCUT2D eigenvalue weighted by atomic mass is 10.1. The molecule has 8 heteroatoms. The van der Waals surface area contributed by atoms with Crippen LogP contribution in [0.2, 0.25) is 0 Å². The van der Waals surface area contributed by atoms with Crippen LogP contribution in [-0.4, -0.2) is 57.6 Å². The molecule has 1 fully saturated rings. The van der Waals surface area contributed by atoms with Gasteiger partial charge in [-0.3, -0.25) is 4.57 Å². The first kappa shape index (κ1) is 22.7. The number of pyridine rings is 2. The van der Waals surface area contributed by atoms with E-state index in [4.69, 9.17) is 10.7 Å². The van der Waals surface area contributed by atoms with Crippen molar-refractivity contribution < 1.29 is 4.39 Å². The van der Waals surface area contributed by atoms with Gasteiger partial charge in [0.25, 0.3) is 0 Å². The zero-order chi connectivity index (χ0) is 23.5. The number of nitrogen functional groups attached to an aromatic ring is 1. The van der Waals surface area contributed by atoms with Crippen molar-refractivity contribution in [3.8, 4) is 16.9 Å². The lowest BCUT2D eigenvalue weighted by Crippen LogP contribution is -2.44. The second-order valence-corrected chi connectivity index (χ2v) is 7.93. The molecule has 0 saturated carbocycles. The quantitative estimate of drug-likeness (QED) is 0.505. The van der Waals surface area contributed by atoms with E-state index in [1.54, 1.807) is 18.3 Å². The second kappa shape index (κ2) is 9.54. The summed E-state index contributed by atoms with van der Waals surface area (Å²) in [4.78, 5) is 17.8. The number of fused-ring (bicyclic) bond motifs is 1. The number of nitrogens with zero attached hydrogens (tertiary/aromatic N) is 6. The fraction of sp³-hybridized carbons (Fsp3) is 0.320. The monoisotopic (exact) mass is 447 g/mol. The molecule has 0 unspecified atom stereocenters. The number of likely N-dealkylation sites (N-methyl/N-ethyl adjacent to an activating group) is 1. The molecule has 0 amide bonds. The van der Waals surface area contributed by atoms with Gasteiger partial charge in [0.15, 0.2) is 5.65 Å². The fourth-order valence-corrected chi connectivity index (χ4v) is 4.09. The number of hydrogen-bond acceptors (Lipinski definition) is 6. The molecule has 4 heterocycles. The topological polar surface area (TPSA) is 76.1 Å². The molecule has 0 atom stereocenters. The van der Waals surface area contributed by atoms with Gasteiger partial charge in [-0.05, 0) is 50.4 Å². The summed E-state index contributed by atoms with van der Waals surface area (Å²) in [5.74, 6) is 0.952. The molecule has 0 radical (unpaired) electrons. The van der Waals surface area contributed by atoms with Gasteiger partial charge in [-0.25, -0.2) is 19.3 Å². The molecule has 0 bridgehead atoms. The number of aryl methyl sites for hydroxylation is 1. The number of rotatable bonds is 3. The predicted molar refractivity (Wildman–Crippen MR) is 132 cm³/mol. The number of anilines is 2. The van der Waals surface area contributed by atoms with Gasteiger partial charge in [-0.15, -0.1) is 0 Å². The number of benzene rings is 1. The Morgan fingerprint density at radius 3 is 2.39 bits per heavy atom. The highest BCUT2D eigenvalue weighted by atomic mass is 19.1. The summed E-state index contributed by atoms with van der Waals surface area (Å²) in [7, 11) is 2.09. The molecule has 1 aliphatic rings. The normalized spacial score (nSPS) is 14.3. The van der Waals surface area contributed by atoms with Gasteiger partial charge in [0.2, 0.25) is 0 Å². The van der Waals surface area contributed by atoms with Gasteiger partial charge in [0.05, 0.1) is 17.1 Å². The Labute approximate surface area is 193 Å². The van der Waals surface area contributed by atoms with E-state index in [1.165, 1.54) is 0 Å². The molecule has 1 aromatic carbocycles. The molecule has 172 valence electrons. The van der Waals surface area contributed by atoms with Gasteiger partial charge >= 0.3 is 0 Å². The zero-order valence-electron chi connectivity index (χ0n) is 19.6. The van der Waals surface area contributed by atoms with Crippen LogP contribution in [0.1, 0.15) is 19.7 Å². The Morgan fingerprint density at radius 2 is 1.70 bits per heavy atom. The number of piperazine rings is 1. The third-order valence-corrected chi connectivity index (χ3v) is 5.78. The highest BCUT2D eigenvalue weighted by molar-refractivity contribution is 5.78. The smallest absolute Gasteiger partial charge is 0.165 e. The van der Waals surface area contributed by atoms with Gasteiger partial charge in [-0.2, -0.15) is 0 Å². The summed E-state index contributed by atoms with van der Waals surface area (Å²) in [6.07, 6.45) is 1.66. The van der Waals surface area contributed by atoms with E-state index in [2.05, 4.69) is 26.8 Å². The van der Waals surface area contributed by atoms with Gasteiger partial charge in [0.1, 0.15) is 23.0 Å². The molecule has 1 saturated heterocycles. The Kier molecular flexibility index (Phi) is 6.55. The molecule has 2 N–H and O–H groups in total. The van der Waals surface area contributed by atoms with E-state index in [1.807, 2.05) is 55.7 Å². The van der Waals surface area contributed by atoms with Crippen LogP contribution in [0, 0.1) is 12.7 Å². The molecule has 33 heavy (non-hydrogen) atoms. The van der Waals surface area contributed by atoms with Gasteiger partial charge < -0.3 is 15.5 Å².